The lowest BCUT2D eigenvalue weighted by Crippen LogP contribution is -2.13. The van der Waals surface area contributed by atoms with Crippen LogP contribution in [0.25, 0.3) is 0 Å². The van der Waals surface area contributed by atoms with Gasteiger partial charge in [0, 0.05) is 17.8 Å². The molecule has 0 saturated heterocycles. The van der Waals surface area contributed by atoms with Crippen LogP contribution in [0.3, 0.4) is 0 Å². The number of aromatic nitrogens is 2. The van der Waals surface area contributed by atoms with Crippen LogP contribution >= 0.6 is 11.3 Å². The molecule has 2 rings (SSSR count). The monoisotopic (exact) mass is 222 g/mol. The summed E-state index contributed by atoms with van der Waals surface area (Å²) in [6.07, 6.45) is 3.42. The van der Waals surface area contributed by atoms with Crippen LogP contribution in [-0.2, 0) is 6.54 Å². The Labute approximate surface area is 90.2 Å². The molecular formula is C9H10N4OS. The summed E-state index contributed by atoms with van der Waals surface area (Å²) in [6, 6.07) is 3.66. The largest absolute Gasteiger partial charge is 0.308 e. The van der Waals surface area contributed by atoms with Gasteiger partial charge in [-0.3, -0.25) is 4.79 Å². The van der Waals surface area contributed by atoms with E-state index in [2.05, 4.69) is 10.4 Å². The quantitative estimate of drug-likeness (QED) is 0.590. The number of nitrogen functional groups attached to an aromatic ring is 1. The van der Waals surface area contributed by atoms with Gasteiger partial charge in [0.05, 0.1) is 6.54 Å². The van der Waals surface area contributed by atoms with Crippen molar-refractivity contribution in [2.24, 2.45) is 5.84 Å². The van der Waals surface area contributed by atoms with Gasteiger partial charge in [-0.15, -0.1) is 0 Å². The Morgan fingerprint density at radius 2 is 2.47 bits per heavy atom. The molecule has 15 heavy (non-hydrogen) atoms. The van der Waals surface area contributed by atoms with Crippen LogP contribution < -0.4 is 16.1 Å². The Bertz CT molecular complexity index is 505. The van der Waals surface area contributed by atoms with Gasteiger partial charge in [-0.2, -0.15) is 0 Å². The third-order valence-corrected chi connectivity index (χ3v) is 2.66. The van der Waals surface area contributed by atoms with Crippen molar-refractivity contribution in [3.8, 4) is 0 Å². The number of rotatable bonds is 3. The molecule has 0 spiro atoms. The standard InChI is InChI=1S/C9H10N4OS/c10-12-8-5-7(1-2-11-8)6-13-3-4-15-9(13)14/h1-5H,6,10H2,(H,11,12). The van der Waals surface area contributed by atoms with Crippen LogP contribution in [0.4, 0.5) is 5.82 Å². The first-order valence-electron chi connectivity index (χ1n) is 4.35. The third-order valence-electron chi connectivity index (χ3n) is 1.97. The molecule has 2 heterocycles. The molecule has 6 heteroatoms. The van der Waals surface area contributed by atoms with Crippen LogP contribution in [0, 0.1) is 0 Å². The maximum absolute atomic E-state index is 11.3. The Morgan fingerprint density at radius 1 is 1.60 bits per heavy atom. The molecule has 5 nitrogen and oxygen atoms in total. The fourth-order valence-electron chi connectivity index (χ4n) is 1.26. The molecule has 0 radical (unpaired) electrons. The Kier molecular flexibility index (Phi) is 2.79. The van der Waals surface area contributed by atoms with E-state index in [0.717, 1.165) is 5.56 Å². The van der Waals surface area contributed by atoms with Crippen LogP contribution in [0.1, 0.15) is 5.56 Å². The highest BCUT2D eigenvalue weighted by molar-refractivity contribution is 7.07. The van der Waals surface area contributed by atoms with E-state index in [1.54, 1.807) is 22.3 Å². The van der Waals surface area contributed by atoms with Crippen molar-refractivity contribution in [1.29, 1.82) is 0 Å². The molecule has 2 aromatic heterocycles. The van der Waals surface area contributed by atoms with Crippen molar-refractivity contribution in [1.82, 2.24) is 9.55 Å². The van der Waals surface area contributed by atoms with Crippen molar-refractivity contribution < 1.29 is 0 Å². The highest BCUT2D eigenvalue weighted by Crippen LogP contribution is 2.06. The lowest BCUT2D eigenvalue weighted by molar-refractivity contribution is 0.783. The predicted octanol–water partition coefficient (Wildman–Crippen LogP) is 0.639. The third kappa shape index (κ3) is 2.23. The molecule has 0 unspecified atom stereocenters. The number of hydrogen-bond acceptors (Lipinski definition) is 5. The molecule has 0 aromatic carbocycles. The zero-order chi connectivity index (χ0) is 10.7. The van der Waals surface area contributed by atoms with Crippen LogP contribution in [-0.4, -0.2) is 9.55 Å². The van der Waals surface area contributed by atoms with Gasteiger partial charge >= 0.3 is 4.87 Å². The van der Waals surface area contributed by atoms with Crippen LogP contribution in [0.5, 0.6) is 0 Å². The van der Waals surface area contributed by atoms with E-state index in [1.807, 2.05) is 12.1 Å². The van der Waals surface area contributed by atoms with Gasteiger partial charge in [0.25, 0.3) is 0 Å². The molecule has 2 aromatic rings. The van der Waals surface area contributed by atoms with Crippen molar-refractivity contribution in [2.75, 3.05) is 5.43 Å². The minimum atomic E-state index is 0.0362. The van der Waals surface area contributed by atoms with E-state index in [-0.39, 0.29) is 4.87 Å². The number of nitrogens with one attached hydrogen (secondary N) is 1. The molecule has 0 aliphatic carbocycles. The first kappa shape index (κ1) is 9.88. The number of thiazole rings is 1. The smallest absolute Gasteiger partial charge is 0.307 e. The summed E-state index contributed by atoms with van der Waals surface area (Å²) in [4.78, 5) is 15.3. The number of pyridine rings is 1. The average Bonchev–Trinajstić information content (AvgIpc) is 2.65. The first-order valence-corrected chi connectivity index (χ1v) is 5.23. The van der Waals surface area contributed by atoms with Crippen molar-refractivity contribution in [2.45, 2.75) is 6.54 Å². The Hall–Kier alpha value is -1.66. The summed E-state index contributed by atoms with van der Waals surface area (Å²) in [7, 11) is 0. The lowest BCUT2D eigenvalue weighted by atomic mass is 10.2. The van der Waals surface area contributed by atoms with Gasteiger partial charge < -0.3 is 9.99 Å². The summed E-state index contributed by atoms with van der Waals surface area (Å²) in [5.74, 6) is 5.84. The molecule has 78 valence electrons. The molecule has 0 atom stereocenters. The van der Waals surface area contributed by atoms with E-state index in [0.29, 0.717) is 12.4 Å². The molecule has 0 amide bonds. The highest BCUT2D eigenvalue weighted by atomic mass is 32.1. The molecular weight excluding hydrogens is 212 g/mol. The highest BCUT2D eigenvalue weighted by Gasteiger charge is 1.99. The summed E-state index contributed by atoms with van der Waals surface area (Å²) >= 11 is 1.19. The summed E-state index contributed by atoms with van der Waals surface area (Å²) in [5, 5.41) is 1.77. The Balaban J connectivity index is 2.24. The summed E-state index contributed by atoms with van der Waals surface area (Å²) < 4.78 is 1.64. The van der Waals surface area contributed by atoms with E-state index < -0.39 is 0 Å². The second kappa shape index (κ2) is 4.24. The average molecular weight is 222 g/mol. The van der Waals surface area contributed by atoms with Gasteiger partial charge in [-0.05, 0) is 17.7 Å². The number of nitrogens with two attached hydrogens (primary N) is 1. The Morgan fingerprint density at radius 3 is 3.13 bits per heavy atom. The topological polar surface area (TPSA) is 72.9 Å². The fourth-order valence-corrected chi connectivity index (χ4v) is 1.84. The number of hydrogen-bond donors (Lipinski definition) is 2. The minimum Gasteiger partial charge on any atom is -0.308 e. The van der Waals surface area contributed by atoms with Crippen molar-refractivity contribution in [3.05, 3.63) is 45.1 Å². The van der Waals surface area contributed by atoms with Crippen LogP contribution in [0.2, 0.25) is 0 Å². The molecule has 0 aliphatic heterocycles. The zero-order valence-corrected chi connectivity index (χ0v) is 8.70. The van der Waals surface area contributed by atoms with Crippen LogP contribution in [0.15, 0.2) is 34.7 Å². The van der Waals surface area contributed by atoms with Crippen molar-refractivity contribution in [3.63, 3.8) is 0 Å². The molecule has 3 N–H and O–H groups in total. The minimum absolute atomic E-state index is 0.0362. The molecule has 0 aliphatic rings. The molecule has 0 saturated carbocycles. The van der Waals surface area contributed by atoms with Gasteiger partial charge in [0.2, 0.25) is 0 Å². The van der Waals surface area contributed by atoms with E-state index in [1.165, 1.54) is 11.3 Å². The summed E-state index contributed by atoms with van der Waals surface area (Å²) in [5.41, 5.74) is 3.45. The SMILES string of the molecule is NNc1cc(Cn2ccsc2=O)ccn1. The van der Waals surface area contributed by atoms with Gasteiger partial charge in [-0.25, -0.2) is 10.8 Å². The van der Waals surface area contributed by atoms with Gasteiger partial charge in [-0.1, -0.05) is 11.3 Å². The second-order valence-electron chi connectivity index (χ2n) is 2.99. The zero-order valence-electron chi connectivity index (χ0n) is 7.88. The second-order valence-corrected chi connectivity index (χ2v) is 3.85. The molecule has 0 bridgehead atoms. The van der Waals surface area contributed by atoms with Crippen molar-refractivity contribution >= 4 is 17.2 Å². The van der Waals surface area contributed by atoms with Gasteiger partial charge in [0.1, 0.15) is 5.82 Å². The van der Waals surface area contributed by atoms with E-state index >= 15 is 0 Å². The summed E-state index contributed by atoms with van der Waals surface area (Å²) in [6.45, 7) is 0.541. The lowest BCUT2D eigenvalue weighted by Gasteiger charge is -2.03. The number of nitrogens with zero attached hydrogens (tertiary/aromatic N) is 2. The maximum atomic E-state index is 11.3. The number of hydrazine groups is 1. The predicted molar refractivity (Wildman–Crippen MR) is 59.7 cm³/mol. The first-order chi connectivity index (χ1) is 7.29. The molecule has 0 fully saturated rings. The van der Waals surface area contributed by atoms with Gasteiger partial charge in [0.15, 0.2) is 0 Å². The maximum Gasteiger partial charge on any atom is 0.307 e. The van der Waals surface area contributed by atoms with E-state index in [9.17, 15) is 4.79 Å². The number of anilines is 1. The van der Waals surface area contributed by atoms with E-state index in [4.69, 9.17) is 5.84 Å². The normalized spacial score (nSPS) is 10.2. The fraction of sp³-hybridized carbons (Fsp3) is 0.111.